The number of hydrogen-bond donors (Lipinski definition) is 2. The number of hydrogen-bond acceptors (Lipinski definition) is 6. The van der Waals surface area contributed by atoms with E-state index < -0.39 is 5.91 Å². The monoisotopic (exact) mass is 483 g/mol. The van der Waals surface area contributed by atoms with Crippen LogP contribution in [-0.2, 0) is 0 Å². The molecule has 0 atom stereocenters. The lowest BCUT2D eigenvalue weighted by Crippen LogP contribution is -2.34. The molecule has 2 N–H and O–H groups in total. The predicted molar refractivity (Wildman–Crippen MR) is 133 cm³/mol. The van der Waals surface area contributed by atoms with Gasteiger partial charge in [0, 0.05) is 10.6 Å². The highest BCUT2D eigenvalue weighted by atomic mass is 35.5. The fourth-order valence-corrected chi connectivity index (χ4v) is 4.45. The summed E-state index contributed by atoms with van der Waals surface area (Å²) in [5.74, 6) is 0.528. The average Bonchev–Trinajstić information content (AvgIpc) is 3.23. The Kier molecular flexibility index (Phi) is 6.55. The van der Waals surface area contributed by atoms with Gasteiger partial charge in [-0.25, -0.2) is 4.98 Å². The minimum atomic E-state index is -0.442. The molecule has 6 nitrogen and oxygen atoms in total. The molecule has 0 spiro atoms. The highest BCUT2D eigenvalue weighted by Gasteiger charge is 2.16. The van der Waals surface area contributed by atoms with Crippen LogP contribution in [0.15, 0.2) is 60.7 Å². The number of halogens is 1. The van der Waals surface area contributed by atoms with E-state index in [4.69, 9.17) is 38.3 Å². The molecule has 0 aliphatic carbocycles. The van der Waals surface area contributed by atoms with Crippen molar-refractivity contribution in [1.29, 1.82) is 0 Å². The van der Waals surface area contributed by atoms with E-state index in [2.05, 4.69) is 10.6 Å². The van der Waals surface area contributed by atoms with Crippen molar-refractivity contribution in [3.63, 3.8) is 0 Å². The van der Waals surface area contributed by atoms with Gasteiger partial charge in [0.2, 0.25) is 0 Å². The lowest BCUT2D eigenvalue weighted by Gasteiger charge is -2.14. The van der Waals surface area contributed by atoms with Gasteiger partial charge in [0.15, 0.2) is 5.11 Å². The molecule has 0 aliphatic rings. The summed E-state index contributed by atoms with van der Waals surface area (Å²) in [7, 11) is 3.05. The third kappa shape index (κ3) is 4.67. The number of carbonyl (C=O) groups is 1. The van der Waals surface area contributed by atoms with Crippen molar-refractivity contribution >= 4 is 62.1 Å². The van der Waals surface area contributed by atoms with Crippen molar-refractivity contribution in [2.24, 2.45) is 0 Å². The highest BCUT2D eigenvalue weighted by Crippen LogP contribution is 2.34. The van der Waals surface area contributed by atoms with Gasteiger partial charge in [-0.15, -0.1) is 11.3 Å². The first kappa shape index (κ1) is 22.0. The number of methoxy groups -OCH3 is 2. The van der Waals surface area contributed by atoms with Crippen LogP contribution >= 0.6 is 35.2 Å². The predicted octanol–water partition coefficient (Wildman–Crippen LogP) is 5.76. The quantitative estimate of drug-likeness (QED) is 0.351. The second-order valence-corrected chi connectivity index (χ2v) is 8.53. The average molecular weight is 484 g/mol. The lowest BCUT2D eigenvalue weighted by atomic mass is 10.2. The second kappa shape index (κ2) is 9.52. The Hall–Kier alpha value is -3.20. The molecule has 3 aromatic carbocycles. The summed E-state index contributed by atoms with van der Waals surface area (Å²) in [5, 5.41) is 7.08. The molecule has 1 aromatic heterocycles. The summed E-state index contributed by atoms with van der Waals surface area (Å²) in [6.45, 7) is 0. The van der Waals surface area contributed by atoms with E-state index in [-0.39, 0.29) is 10.7 Å². The third-order valence-corrected chi connectivity index (χ3v) is 6.15. The van der Waals surface area contributed by atoms with Crippen LogP contribution in [-0.4, -0.2) is 30.2 Å². The molecule has 9 heteroatoms. The van der Waals surface area contributed by atoms with Gasteiger partial charge < -0.3 is 14.8 Å². The van der Waals surface area contributed by atoms with Crippen molar-refractivity contribution in [2.75, 3.05) is 19.5 Å². The number of ether oxygens (including phenoxy) is 2. The zero-order chi connectivity index (χ0) is 22.7. The van der Waals surface area contributed by atoms with E-state index in [0.29, 0.717) is 22.2 Å². The SMILES string of the molecule is COc1ccc(-c2nc3ccccc3s2)cc1NC(=S)NC(=O)c1cc(Cl)ccc1OC. The summed E-state index contributed by atoms with van der Waals surface area (Å²) in [6, 6.07) is 18.4. The summed E-state index contributed by atoms with van der Waals surface area (Å²) in [4.78, 5) is 17.4. The van der Waals surface area contributed by atoms with Crippen LogP contribution in [0.3, 0.4) is 0 Å². The molecule has 0 aliphatic heterocycles. The van der Waals surface area contributed by atoms with Crippen LogP contribution in [0.5, 0.6) is 11.5 Å². The largest absolute Gasteiger partial charge is 0.496 e. The molecular weight excluding hydrogens is 466 g/mol. The van der Waals surface area contributed by atoms with Gasteiger partial charge in [-0.05, 0) is 60.7 Å². The molecule has 0 bridgehead atoms. The maximum atomic E-state index is 12.7. The maximum Gasteiger partial charge on any atom is 0.261 e. The summed E-state index contributed by atoms with van der Waals surface area (Å²) in [5.41, 5.74) is 2.73. The Morgan fingerprint density at radius 3 is 2.53 bits per heavy atom. The van der Waals surface area contributed by atoms with E-state index >= 15 is 0 Å². The number of rotatable bonds is 5. The van der Waals surface area contributed by atoms with Gasteiger partial charge in [-0.1, -0.05) is 23.7 Å². The van der Waals surface area contributed by atoms with E-state index in [9.17, 15) is 4.79 Å². The zero-order valence-electron chi connectivity index (χ0n) is 17.1. The van der Waals surface area contributed by atoms with Crippen LogP contribution in [0.4, 0.5) is 5.69 Å². The van der Waals surface area contributed by atoms with E-state index in [1.807, 2.05) is 42.5 Å². The first-order valence-corrected chi connectivity index (χ1v) is 11.1. The molecule has 1 heterocycles. The van der Waals surface area contributed by atoms with Crippen molar-refractivity contribution in [2.45, 2.75) is 0 Å². The minimum absolute atomic E-state index is 0.108. The smallest absolute Gasteiger partial charge is 0.261 e. The van der Waals surface area contributed by atoms with Gasteiger partial charge in [-0.3, -0.25) is 10.1 Å². The fraction of sp³-hybridized carbons (Fsp3) is 0.0870. The first-order valence-electron chi connectivity index (χ1n) is 9.48. The number of amides is 1. The molecular formula is C23H18ClN3O3S2. The number of anilines is 1. The molecule has 0 saturated carbocycles. The number of para-hydroxylation sites is 1. The van der Waals surface area contributed by atoms with Crippen LogP contribution in [0, 0.1) is 0 Å². The Bertz CT molecular complexity index is 1290. The second-order valence-electron chi connectivity index (χ2n) is 6.65. The normalized spacial score (nSPS) is 10.6. The lowest BCUT2D eigenvalue weighted by molar-refractivity contribution is 0.0974. The molecule has 162 valence electrons. The van der Waals surface area contributed by atoms with Crippen LogP contribution in [0.1, 0.15) is 10.4 Å². The van der Waals surface area contributed by atoms with Gasteiger partial charge in [0.05, 0.1) is 35.7 Å². The van der Waals surface area contributed by atoms with E-state index in [1.54, 1.807) is 30.6 Å². The molecule has 32 heavy (non-hydrogen) atoms. The maximum absolute atomic E-state index is 12.7. The Morgan fingerprint density at radius 1 is 1.03 bits per heavy atom. The number of benzene rings is 3. The number of nitrogens with zero attached hydrogens (tertiary/aromatic N) is 1. The summed E-state index contributed by atoms with van der Waals surface area (Å²) < 4.78 is 11.8. The van der Waals surface area contributed by atoms with Crippen LogP contribution < -0.4 is 20.1 Å². The third-order valence-electron chi connectivity index (χ3n) is 4.62. The highest BCUT2D eigenvalue weighted by molar-refractivity contribution is 7.80. The van der Waals surface area contributed by atoms with Gasteiger partial charge in [-0.2, -0.15) is 0 Å². The fourth-order valence-electron chi connectivity index (χ4n) is 3.12. The number of fused-ring (bicyclic) bond motifs is 1. The molecule has 0 fully saturated rings. The molecule has 0 unspecified atom stereocenters. The first-order chi connectivity index (χ1) is 15.5. The number of thiazole rings is 1. The van der Waals surface area contributed by atoms with E-state index in [0.717, 1.165) is 20.8 Å². The number of aromatic nitrogens is 1. The van der Waals surface area contributed by atoms with E-state index in [1.165, 1.54) is 13.2 Å². The molecule has 0 radical (unpaired) electrons. The van der Waals surface area contributed by atoms with Crippen LogP contribution in [0.25, 0.3) is 20.8 Å². The topological polar surface area (TPSA) is 72.5 Å². The Labute approximate surface area is 199 Å². The summed E-state index contributed by atoms with van der Waals surface area (Å²) >= 11 is 13.0. The summed E-state index contributed by atoms with van der Waals surface area (Å²) in [6.07, 6.45) is 0. The molecule has 4 aromatic rings. The van der Waals surface area contributed by atoms with Gasteiger partial charge >= 0.3 is 0 Å². The minimum Gasteiger partial charge on any atom is -0.496 e. The standard InChI is InChI=1S/C23H18ClN3O3S2/c1-29-18-10-8-14(24)12-15(18)21(28)27-23(31)26-17-11-13(7-9-19(17)30-2)22-25-16-5-3-4-6-20(16)32-22/h3-12H,1-2H3,(H2,26,27,28,31). The zero-order valence-corrected chi connectivity index (χ0v) is 19.5. The Balaban J connectivity index is 1.56. The number of carbonyl (C=O) groups excluding carboxylic acids is 1. The van der Waals surface area contributed by atoms with Crippen molar-refractivity contribution in [3.05, 3.63) is 71.2 Å². The molecule has 1 amide bonds. The Morgan fingerprint density at radius 2 is 1.78 bits per heavy atom. The van der Waals surface area contributed by atoms with Gasteiger partial charge in [0.25, 0.3) is 5.91 Å². The molecule has 0 saturated heterocycles. The van der Waals surface area contributed by atoms with Crippen molar-refractivity contribution in [3.8, 4) is 22.1 Å². The number of nitrogens with one attached hydrogen (secondary N) is 2. The van der Waals surface area contributed by atoms with Gasteiger partial charge in [0.1, 0.15) is 16.5 Å². The van der Waals surface area contributed by atoms with Crippen molar-refractivity contribution in [1.82, 2.24) is 10.3 Å². The van der Waals surface area contributed by atoms with Crippen molar-refractivity contribution < 1.29 is 14.3 Å². The molecule has 4 rings (SSSR count). The number of thiocarbonyl (C=S) groups is 1. The van der Waals surface area contributed by atoms with Crippen LogP contribution in [0.2, 0.25) is 5.02 Å².